The highest BCUT2D eigenvalue weighted by atomic mass is 16.6. The standard InChI is InChI=1S/C11H20O2/c1-3-4-5-6-7-8-11(2)9-10(12)13-11/h3-9H2,1-2H3/t11-/m1/s1. The van der Waals surface area contributed by atoms with Gasteiger partial charge in [0.25, 0.3) is 0 Å². The van der Waals surface area contributed by atoms with Gasteiger partial charge in [-0.05, 0) is 19.8 Å². The molecule has 2 heteroatoms. The SMILES string of the molecule is CCCCCCC[C@]1(C)CC(=O)O1. The average Bonchev–Trinajstić information content (AvgIpc) is 2.02. The van der Waals surface area contributed by atoms with Crippen molar-refractivity contribution < 1.29 is 9.53 Å². The predicted octanol–water partition coefficient (Wildman–Crippen LogP) is 3.05. The number of unbranched alkanes of at least 4 members (excludes halogenated alkanes) is 4. The van der Waals surface area contributed by atoms with Crippen LogP contribution in [0.1, 0.15) is 58.8 Å². The number of rotatable bonds is 6. The molecular formula is C11H20O2. The lowest BCUT2D eigenvalue weighted by Gasteiger charge is -2.37. The molecule has 0 unspecified atom stereocenters. The number of esters is 1. The summed E-state index contributed by atoms with van der Waals surface area (Å²) in [7, 11) is 0. The normalized spacial score (nSPS) is 26.8. The van der Waals surface area contributed by atoms with Crippen molar-refractivity contribution in [3.05, 3.63) is 0 Å². The molecule has 13 heavy (non-hydrogen) atoms. The minimum atomic E-state index is -0.108. The molecule has 0 radical (unpaired) electrons. The highest BCUT2D eigenvalue weighted by molar-refractivity contribution is 5.76. The third kappa shape index (κ3) is 3.37. The van der Waals surface area contributed by atoms with E-state index in [0.717, 1.165) is 6.42 Å². The Morgan fingerprint density at radius 1 is 1.31 bits per heavy atom. The smallest absolute Gasteiger partial charge is 0.310 e. The van der Waals surface area contributed by atoms with E-state index in [9.17, 15) is 4.79 Å². The zero-order chi connectivity index (χ0) is 9.73. The van der Waals surface area contributed by atoms with Crippen LogP contribution >= 0.6 is 0 Å². The molecule has 1 saturated heterocycles. The minimum absolute atomic E-state index is 0.0314. The molecule has 0 amide bonds. The maximum Gasteiger partial charge on any atom is 0.310 e. The lowest BCUT2D eigenvalue weighted by Crippen LogP contribution is -2.44. The zero-order valence-electron chi connectivity index (χ0n) is 8.77. The largest absolute Gasteiger partial charge is 0.459 e. The van der Waals surface area contributed by atoms with Crippen LogP contribution in [0, 0.1) is 0 Å². The highest BCUT2D eigenvalue weighted by Crippen LogP contribution is 2.32. The van der Waals surface area contributed by atoms with Gasteiger partial charge in [-0.1, -0.05) is 32.6 Å². The highest BCUT2D eigenvalue weighted by Gasteiger charge is 2.40. The molecular weight excluding hydrogens is 164 g/mol. The molecule has 0 aromatic carbocycles. The Bertz CT molecular complexity index is 167. The van der Waals surface area contributed by atoms with E-state index >= 15 is 0 Å². The van der Waals surface area contributed by atoms with E-state index in [2.05, 4.69) is 6.92 Å². The number of carbonyl (C=O) groups is 1. The summed E-state index contributed by atoms with van der Waals surface area (Å²) in [6.45, 7) is 4.25. The van der Waals surface area contributed by atoms with Crippen LogP contribution in [-0.2, 0) is 9.53 Å². The molecule has 1 rings (SSSR count). The first-order chi connectivity index (χ1) is 6.16. The molecule has 1 fully saturated rings. The van der Waals surface area contributed by atoms with Gasteiger partial charge < -0.3 is 4.74 Å². The van der Waals surface area contributed by atoms with E-state index in [0.29, 0.717) is 6.42 Å². The molecule has 0 N–H and O–H groups in total. The summed E-state index contributed by atoms with van der Waals surface area (Å²) in [5.74, 6) is -0.0314. The fraction of sp³-hybridized carbons (Fsp3) is 0.909. The van der Waals surface area contributed by atoms with Crippen molar-refractivity contribution in [2.45, 2.75) is 64.4 Å². The summed E-state index contributed by atoms with van der Waals surface area (Å²) in [5.41, 5.74) is -0.108. The molecule has 1 heterocycles. The second-order valence-corrected chi connectivity index (χ2v) is 4.26. The lowest BCUT2D eigenvalue weighted by molar-refractivity contribution is -0.189. The fourth-order valence-corrected chi connectivity index (χ4v) is 1.81. The van der Waals surface area contributed by atoms with Crippen LogP contribution in [0.15, 0.2) is 0 Å². The van der Waals surface area contributed by atoms with Gasteiger partial charge in [-0.3, -0.25) is 4.79 Å². The van der Waals surface area contributed by atoms with Crippen LogP contribution in [0.2, 0.25) is 0 Å². The Morgan fingerprint density at radius 3 is 2.46 bits per heavy atom. The topological polar surface area (TPSA) is 26.3 Å². The molecule has 2 nitrogen and oxygen atoms in total. The summed E-state index contributed by atoms with van der Waals surface area (Å²) >= 11 is 0. The van der Waals surface area contributed by atoms with Crippen LogP contribution in [0.4, 0.5) is 0 Å². The Morgan fingerprint density at radius 2 is 1.92 bits per heavy atom. The van der Waals surface area contributed by atoms with Crippen molar-refractivity contribution in [3.63, 3.8) is 0 Å². The van der Waals surface area contributed by atoms with Crippen molar-refractivity contribution in [1.82, 2.24) is 0 Å². The van der Waals surface area contributed by atoms with Crippen LogP contribution in [0.3, 0.4) is 0 Å². The van der Waals surface area contributed by atoms with Crippen molar-refractivity contribution in [2.24, 2.45) is 0 Å². The first kappa shape index (κ1) is 10.6. The molecule has 1 atom stereocenters. The summed E-state index contributed by atoms with van der Waals surface area (Å²) in [6.07, 6.45) is 8.08. The van der Waals surface area contributed by atoms with Crippen LogP contribution in [-0.4, -0.2) is 11.6 Å². The third-order valence-corrected chi connectivity index (χ3v) is 2.69. The molecule has 0 aromatic rings. The van der Waals surface area contributed by atoms with E-state index in [1.807, 2.05) is 6.92 Å². The number of carbonyl (C=O) groups excluding carboxylic acids is 1. The first-order valence-corrected chi connectivity index (χ1v) is 5.38. The lowest BCUT2D eigenvalue weighted by atomic mass is 9.90. The van der Waals surface area contributed by atoms with Gasteiger partial charge >= 0.3 is 5.97 Å². The minimum Gasteiger partial charge on any atom is -0.459 e. The second kappa shape index (κ2) is 4.64. The Labute approximate surface area is 80.7 Å². The van der Waals surface area contributed by atoms with E-state index in [-0.39, 0.29) is 11.6 Å². The van der Waals surface area contributed by atoms with E-state index < -0.39 is 0 Å². The summed E-state index contributed by atoms with van der Waals surface area (Å²) in [4.78, 5) is 10.6. The molecule has 0 saturated carbocycles. The van der Waals surface area contributed by atoms with Gasteiger partial charge in [0.15, 0.2) is 0 Å². The van der Waals surface area contributed by atoms with Gasteiger partial charge in [-0.2, -0.15) is 0 Å². The van der Waals surface area contributed by atoms with E-state index in [1.165, 1.54) is 32.1 Å². The number of ether oxygens (including phenoxy) is 1. The third-order valence-electron chi connectivity index (χ3n) is 2.69. The van der Waals surface area contributed by atoms with Crippen LogP contribution in [0.5, 0.6) is 0 Å². The Kier molecular flexibility index (Phi) is 3.76. The van der Waals surface area contributed by atoms with Gasteiger partial charge in [-0.25, -0.2) is 0 Å². The molecule has 1 aliphatic heterocycles. The van der Waals surface area contributed by atoms with Crippen molar-refractivity contribution in [3.8, 4) is 0 Å². The van der Waals surface area contributed by atoms with Gasteiger partial charge in [0, 0.05) is 0 Å². The average molecular weight is 184 g/mol. The fourth-order valence-electron chi connectivity index (χ4n) is 1.81. The van der Waals surface area contributed by atoms with Crippen LogP contribution < -0.4 is 0 Å². The van der Waals surface area contributed by atoms with E-state index in [4.69, 9.17) is 4.74 Å². The number of hydrogen-bond acceptors (Lipinski definition) is 2. The monoisotopic (exact) mass is 184 g/mol. The maximum absolute atomic E-state index is 10.6. The Balaban J connectivity index is 1.97. The molecule has 76 valence electrons. The van der Waals surface area contributed by atoms with Crippen LogP contribution in [0.25, 0.3) is 0 Å². The van der Waals surface area contributed by atoms with Gasteiger partial charge in [-0.15, -0.1) is 0 Å². The van der Waals surface area contributed by atoms with Gasteiger partial charge in [0.2, 0.25) is 0 Å². The summed E-state index contributed by atoms with van der Waals surface area (Å²) in [5, 5.41) is 0. The first-order valence-electron chi connectivity index (χ1n) is 5.38. The van der Waals surface area contributed by atoms with Crippen molar-refractivity contribution in [2.75, 3.05) is 0 Å². The summed E-state index contributed by atoms with van der Waals surface area (Å²) < 4.78 is 5.09. The Hall–Kier alpha value is -0.530. The second-order valence-electron chi connectivity index (χ2n) is 4.26. The molecule has 0 aliphatic carbocycles. The van der Waals surface area contributed by atoms with Gasteiger partial charge in [0.05, 0.1) is 6.42 Å². The molecule has 0 aromatic heterocycles. The van der Waals surface area contributed by atoms with Gasteiger partial charge in [0.1, 0.15) is 5.60 Å². The van der Waals surface area contributed by atoms with Crippen molar-refractivity contribution >= 4 is 5.97 Å². The molecule has 0 bridgehead atoms. The zero-order valence-corrected chi connectivity index (χ0v) is 8.77. The van der Waals surface area contributed by atoms with E-state index in [1.54, 1.807) is 0 Å². The predicted molar refractivity (Wildman–Crippen MR) is 52.5 cm³/mol. The van der Waals surface area contributed by atoms with Crippen molar-refractivity contribution in [1.29, 1.82) is 0 Å². The molecule has 1 aliphatic rings. The maximum atomic E-state index is 10.6. The number of cyclic esters (lactones) is 1. The quantitative estimate of drug-likeness (QED) is 0.468. The molecule has 0 spiro atoms. The summed E-state index contributed by atoms with van der Waals surface area (Å²) in [6, 6.07) is 0. The number of hydrogen-bond donors (Lipinski definition) is 0.